The van der Waals surface area contributed by atoms with Crippen LogP contribution in [0.4, 0.5) is 17.1 Å². The Labute approximate surface area is 190 Å². The van der Waals surface area contributed by atoms with E-state index in [1.165, 1.54) is 40.7 Å². The van der Waals surface area contributed by atoms with Crippen molar-refractivity contribution in [1.82, 2.24) is 4.31 Å². The highest BCUT2D eigenvalue weighted by atomic mass is 32.2. The maximum atomic E-state index is 12.9. The number of hydrogen-bond donors (Lipinski definition) is 2. The van der Waals surface area contributed by atoms with Crippen molar-refractivity contribution in [3.63, 3.8) is 0 Å². The molecule has 1 heterocycles. The lowest BCUT2D eigenvalue weighted by Crippen LogP contribution is -2.32. The third-order valence-corrected chi connectivity index (χ3v) is 7.01. The molecule has 0 saturated carbocycles. The molecule has 2 aromatic carbocycles. The van der Waals surface area contributed by atoms with E-state index in [2.05, 4.69) is 5.32 Å². The first-order chi connectivity index (χ1) is 15.7. The number of ether oxygens (including phenoxy) is 1. The van der Waals surface area contributed by atoms with Crippen molar-refractivity contribution in [3.05, 3.63) is 58.1 Å². The van der Waals surface area contributed by atoms with E-state index < -0.39 is 39.1 Å². The van der Waals surface area contributed by atoms with E-state index in [4.69, 9.17) is 10.5 Å². The van der Waals surface area contributed by atoms with Gasteiger partial charge in [0.1, 0.15) is 5.69 Å². The van der Waals surface area contributed by atoms with Crippen molar-refractivity contribution >= 4 is 39.0 Å². The van der Waals surface area contributed by atoms with Crippen LogP contribution in [-0.4, -0.2) is 49.2 Å². The molecule has 3 rings (SSSR count). The molecule has 0 radical (unpaired) electrons. The second-order valence-electron chi connectivity index (χ2n) is 7.50. The highest BCUT2D eigenvalue weighted by Gasteiger charge is 2.25. The largest absolute Gasteiger partial charge is 0.452 e. The van der Waals surface area contributed by atoms with Gasteiger partial charge in [0.05, 0.1) is 15.4 Å². The summed E-state index contributed by atoms with van der Waals surface area (Å²) in [5.74, 6) is -1.64. The number of anilines is 2. The minimum atomic E-state index is -3.69. The molecular formula is C21H24N4O7S. The first-order valence-electron chi connectivity index (χ1n) is 10.3. The molecule has 1 fully saturated rings. The molecule has 2 aromatic rings. The molecule has 3 N–H and O–H groups in total. The van der Waals surface area contributed by atoms with Crippen LogP contribution in [0.2, 0.25) is 0 Å². The molecule has 1 aliphatic rings. The van der Waals surface area contributed by atoms with E-state index in [-0.39, 0.29) is 21.8 Å². The summed E-state index contributed by atoms with van der Waals surface area (Å²) in [6.45, 7) is 0.246. The minimum absolute atomic E-state index is 0.0633. The average Bonchev–Trinajstić information content (AvgIpc) is 3.08. The summed E-state index contributed by atoms with van der Waals surface area (Å²) >= 11 is 0. The molecule has 11 nitrogen and oxygen atoms in total. The van der Waals surface area contributed by atoms with Gasteiger partial charge in [0.2, 0.25) is 10.0 Å². The lowest BCUT2D eigenvalue weighted by molar-refractivity contribution is -0.383. The smallest absolute Gasteiger partial charge is 0.338 e. The number of carbonyl (C=O) groups is 2. The maximum absolute atomic E-state index is 12.9. The van der Waals surface area contributed by atoms with Gasteiger partial charge in [-0.1, -0.05) is 18.9 Å². The Morgan fingerprint density at radius 2 is 1.79 bits per heavy atom. The van der Waals surface area contributed by atoms with Gasteiger partial charge in [-0.15, -0.1) is 0 Å². The van der Waals surface area contributed by atoms with Crippen LogP contribution in [0.1, 0.15) is 36.0 Å². The normalized spacial score (nSPS) is 14.8. The van der Waals surface area contributed by atoms with Crippen LogP contribution in [-0.2, 0) is 19.6 Å². The van der Waals surface area contributed by atoms with Gasteiger partial charge in [-0.05, 0) is 43.2 Å². The first kappa shape index (κ1) is 24.1. The number of nitrogen functional groups attached to an aromatic ring is 1. The number of nitrogens with zero attached hydrogens (tertiary/aromatic N) is 2. The van der Waals surface area contributed by atoms with E-state index in [9.17, 15) is 28.1 Å². The number of hydrogen-bond acceptors (Lipinski definition) is 8. The van der Waals surface area contributed by atoms with Crippen LogP contribution in [0, 0.1) is 10.1 Å². The number of nitro benzene ring substituents is 1. The number of benzene rings is 2. The summed E-state index contributed by atoms with van der Waals surface area (Å²) in [4.78, 5) is 34.6. The molecule has 0 aliphatic carbocycles. The molecule has 0 spiro atoms. The predicted molar refractivity (Wildman–Crippen MR) is 120 cm³/mol. The molecule has 0 atom stereocenters. The van der Waals surface area contributed by atoms with Crippen LogP contribution < -0.4 is 11.1 Å². The predicted octanol–water partition coefficient (Wildman–Crippen LogP) is 2.54. The molecule has 0 unspecified atom stereocenters. The lowest BCUT2D eigenvalue weighted by atomic mass is 10.2. The van der Waals surface area contributed by atoms with E-state index in [0.717, 1.165) is 31.7 Å². The van der Waals surface area contributed by atoms with Gasteiger partial charge < -0.3 is 15.8 Å². The van der Waals surface area contributed by atoms with Crippen molar-refractivity contribution in [3.8, 4) is 0 Å². The van der Waals surface area contributed by atoms with E-state index in [1.807, 2.05) is 0 Å². The fourth-order valence-corrected chi connectivity index (χ4v) is 4.97. The summed E-state index contributed by atoms with van der Waals surface area (Å²) in [6, 6.07) is 9.26. The second kappa shape index (κ2) is 10.4. The zero-order valence-electron chi connectivity index (χ0n) is 17.7. The fraction of sp³-hybridized carbons (Fsp3) is 0.333. The zero-order valence-corrected chi connectivity index (χ0v) is 18.5. The number of nitrogens with one attached hydrogen (secondary N) is 1. The number of nitrogens with two attached hydrogens (primary N) is 1. The quantitative estimate of drug-likeness (QED) is 0.267. The van der Waals surface area contributed by atoms with Gasteiger partial charge in [0, 0.05) is 24.8 Å². The monoisotopic (exact) mass is 476 g/mol. The lowest BCUT2D eigenvalue weighted by Gasteiger charge is -2.20. The van der Waals surface area contributed by atoms with E-state index in [0.29, 0.717) is 13.1 Å². The Morgan fingerprint density at radius 1 is 1.09 bits per heavy atom. The molecular weight excluding hydrogens is 452 g/mol. The third-order valence-electron chi connectivity index (χ3n) is 5.12. The Hall–Kier alpha value is -3.51. The Morgan fingerprint density at radius 3 is 2.45 bits per heavy atom. The fourth-order valence-electron chi connectivity index (χ4n) is 3.41. The van der Waals surface area contributed by atoms with Gasteiger partial charge in [-0.3, -0.25) is 14.9 Å². The SMILES string of the molecule is Nc1ccc(C(=O)OCC(=O)Nc2cccc(S(=O)(=O)N3CCCCCC3)c2)cc1[N+](=O)[O-]. The average molecular weight is 477 g/mol. The molecule has 1 aliphatic heterocycles. The summed E-state index contributed by atoms with van der Waals surface area (Å²) in [5, 5.41) is 13.4. The summed E-state index contributed by atoms with van der Waals surface area (Å²) in [7, 11) is -3.69. The van der Waals surface area contributed by atoms with Gasteiger partial charge >= 0.3 is 5.97 Å². The Balaban J connectivity index is 1.62. The van der Waals surface area contributed by atoms with E-state index >= 15 is 0 Å². The summed E-state index contributed by atoms with van der Waals surface area (Å²) in [6.07, 6.45) is 3.59. The maximum Gasteiger partial charge on any atom is 0.338 e. The Bertz CT molecular complexity index is 1160. The number of esters is 1. The molecule has 1 saturated heterocycles. The Kier molecular flexibility index (Phi) is 7.61. The van der Waals surface area contributed by atoms with Crippen molar-refractivity contribution in [2.24, 2.45) is 0 Å². The van der Waals surface area contributed by atoms with Crippen molar-refractivity contribution < 1.29 is 27.7 Å². The number of carbonyl (C=O) groups excluding carboxylic acids is 2. The van der Waals surface area contributed by atoms with Gasteiger partial charge in [0.25, 0.3) is 11.6 Å². The topological polar surface area (TPSA) is 162 Å². The number of sulfonamides is 1. The summed E-state index contributed by atoms with van der Waals surface area (Å²) in [5.41, 5.74) is 5.04. The summed E-state index contributed by atoms with van der Waals surface area (Å²) < 4.78 is 32.2. The van der Waals surface area contributed by atoms with E-state index in [1.54, 1.807) is 0 Å². The number of amides is 1. The van der Waals surface area contributed by atoms with Crippen LogP contribution in [0.5, 0.6) is 0 Å². The molecule has 0 aromatic heterocycles. The highest BCUT2D eigenvalue weighted by molar-refractivity contribution is 7.89. The molecule has 33 heavy (non-hydrogen) atoms. The molecule has 1 amide bonds. The first-order valence-corrected chi connectivity index (χ1v) is 11.7. The zero-order chi connectivity index (χ0) is 24.0. The standard InChI is InChI=1S/C21H24N4O7S/c22-18-9-8-15(12-19(18)25(28)29)21(27)32-14-20(26)23-16-6-5-7-17(13-16)33(30,31)24-10-3-1-2-4-11-24/h5-9,12-13H,1-4,10-11,14,22H2,(H,23,26). The van der Waals surface area contributed by atoms with Crippen molar-refractivity contribution in [1.29, 1.82) is 0 Å². The van der Waals surface area contributed by atoms with Crippen molar-refractivity contribution in [2.75, 3.05) is 30.7 Å². The van der Waals surface area contributed by atoms with Crippen LogP contribution in [0.25, 0.3) is 0 Å². The van der Waals surface area contributed by atoms with Crippen LogP contribution in [0.3, 0.4) is 0 Å². The number of rotatable bonds is 7. The number of nitro groups is 1. The molecule has 176 valence electrons. The third kappa shape index (κ3) is 6.05. The highest BCUT2D eigenvalue weighted by Crippen LogP contribution is 2.24. The van der Waals surface area contributed by atoms with Gasteiger partial charge in [-0.25, -0.2) is 13.2 Å². The van der Waals surface area contributed by atoms with Gasteiger partial charge in [-0.2, -0.15) is 4.31 Å². The second-order valence-corrected chi connectivity index (χ2v) is 9.44. The van der Waals surface area contributed by atoms with Gasteiger partial charge in [0.15, 0.2) is 6.61 Å². The minimum Gasteiger partial charge on any atom is -0.452 e. The van der Waals surface area contributed by atoms with Crippen LogP contribution in [0.15, 0.2) is 47.4 Å². The van der Waals surface area contributed by atoms with Crippen molar-refractivity contribution in [2.45, 2.75) is 30.6 Å². The molecule has 12 heteroatoms. The molecule has 0 bridgehead atoms. The van der Waals surface area contributed by atoms with Crippen LogP contribution >= 0.6 is 0 Å².